The molecule has 1 aromatic heterocycles. The number of aromatic nitrogens is 1. The summed E-state index contributed by atoms with van der Waals surface area (Å²) >= 11 is 3.33. The molecule has 0 radical (unpaired) electrons. The second kappa shape index (κ2) is 6.10. The molecule has 19 heavy (non-hydrogen) atoms. The summed E-state index contributed by atoms with van der Waals surface area (Å²) < 4.78 is 19.9. The van der Waals surface area contributed by atoms with Crippen molar-refractivity contribution in [3.63, 3.8) is 0 Å². The maximum absolute atomic E-state index is 14.0. The van der Waals surface area contributed by atoms with Crippen LogP contribution in [-0.2, 0) is 0 Å². The van der Waals surface area contributed by atoms with Gasteiger partial charge in [0.25, 0.3) is 0 Å². The van der Waals surface area contributed by atoms with E-state index in [0.29, 0.717) is 21.5 Å². The third-order valence-corrected chi connectivity index (χ3v) is 3.44. The minimum atomic E-state index is -0.605. The lowest BCUT2D eigenvalue weighted by Crippen LogP contribution is -2.30. The number of nitrogens with zero attached hydrogens (tertiary/aromatic N) is 1. The zero-order valence-electron chi connectivity index (χ0n) is 10.2. The summed E-state index contributed by atoms with van der Waals surface area (Å²) in [4.78, 5) is 4.22. The van der Waals surface area contributed by atoms with Crippen molar-refractivity contribution in [1.82, 2.24) is 10.4 Å². The van der Waals surface area contributed by atoms with E-state index in [-0.39, 0.29) is 5.82 Å². The molecule has 0 aliphatic heterocycles. The Labute approximate surface area is 118 Å². The van der Waals surface area contributed by atoms with E-state index in [9.17, 15) is 4.39 Å². The first kappa shape index (κ1) is 13.9. The monoisotopic (exact) mass is 325 g/mol. The van der Waals surface area contributed by atoms with E-state index in [1.165, 1.54) is 13.2 Å². The average Bonchev–Trinajstić information content (AvgIpc) is 2.43. The summed E-state index contributed by atoms with van der Waals surface area (Å²) in [5, 5.41) is 0. The van der Waals surface area contributed by atoms with Crippen LogP contribution < -0.4 is 16.0 Å². The maximum Gasteiger partial charge on any atom is 0.142 e. The third kappa shape index (κ3) is 2.75. The zero-order chi connectivity index (χ0) is 13.8. The van der Waals surface area contributed by atoms with Gasteiger partial charge in [0.2, 0.25) is 0 Å². The Bertz CT molecular complexity index is 559. The number of hydrogen-bond donors (Lipinski definition) is 2. The first-order valence-electron chi connectivity index (χ1n) is 5.58. The van der Waals surface area contributed by atoms with Crippen LogP contribution in [0.25, 0.3) is 0 Å². The van der Waals surface area contributed by atoms with Gasteiger partial charge in [0, 0.05) is 16.2 Å². The van der Waals surface area contributed by atoms with Gasteiger partial charge < -0.3 is 4.74 Å². The molecule has 3 N–H and O–H groups in total. The van der Waals surface area contributed by atoms with E-state index in [4.69, 9.17) is 10.6 Å². The molecule has 0 aliphatic carbocycles. The SMILES string of the molecule is COc1cccnc1C(NN)c1c(F)cccc1Br. The topological polar surface area (TPSA) is 60.2 Å². The minimum Gasteiger partial charge on any atom is -0.495 e. The summed E-state index contributed by atoms with van der Waals surface area (Å²) in [5.74, 6) is 5.74. The fourth-order valence-corrected chi connectivity index (χ4v) is 2.45. The van der Waals surface area contributed by atoms with E-state index in [1.54, 1.807) is 30.5 Å². The number of halogens is 2. The van der Waals surface area contributed by atoms with Crippen LogP contribution in [0.3, 0.4) is 0 Å². The molecular formula is C13H13BrFN3O. The highest BCUT2D eigenvalue weighted by Gasteiger charge is 2.23. The van der Waals surface area contributed by atoms with Crippen molar-refractivity contribution in [2.45, 2.75) is 6.04 Å². The second-order valence-electron chi connectivity index (χ2n) is 3.83. The first-order valence-corrected chi connectivity index (χ1v) is 6.37. The molecule has 0 saturated heterocycles. The fraction of sp³-hybridized carbons (Fsp3) is 0.154. The quantitative estimate of drug-likeness (QED) is 0.670. The Hall–Kier alpha value is -1.50. The van der Waals surface area contributed by atoms with Crippen LogP contribution in [0.1, 0.15) is 17.3 Å². The van der Waals surface area contributed by atoms with E-state index < -0.39 is 6.04 Å². The van der Waals surface area contributed by atoms with Gasteiger partial charge >= 0.3 is 0 Å². The van der Waals surface area contributed by atoms with Crippen LogP contribution in [0.2, 0.25) is 0 Å². The van der Waals surface area contributed by atoms with Crippen LogP contribution in [-0.4, -0.2) is 12.1 Å². The highest BCUT2D eigenvalue weighted by molar-refractivity contribution is 9.10. The molecule has 2 aromatic rings. The van der Waals surface area contributed by atoms with Crippen LogP contribution in [0, 0.1) is 5.82 Å². The Morgan fingerprint density at radius 2 is 2.16 bits per heavy atom. The van der Waals surface area contributed by atoms with Crippen molar-refractivity contribution in [1.29, 1.82) is 0 Å². The summed E-state index contributed by atoms with van der Waals surface area (Å²) in [7, 11) is 1.53. The predicted octanol–water partition coefficient (Wildman–Crippen LogP) is 2.54. The highest BCUT2D eigenvalue weighted by Crippen LogP contribution is 2.33. The Balaban J connectivity index is 2.57. The number of hydrazine groups is 1. The van der Waals surface area contributed by atoms with E-state index in [2.05, 4.69) is 26.3 Å². The molecule has 0 spiro atoms. The molecular weight excluding hydrogens is 313 g/mol. The number of hydrogen-bond acceptors (Lipinski definition) is 4. The van der Waals surface area contributed by atoms with Gasteiger partial charge in [-0.25, -0.2) is 9.82 Å². The molecule has 1 aromatic carbocycles. The van der Waals surface area contributed by atoms with Crippen molar-refractivity contribution in [3.8, 4) is 5.75 Å². The molecule has 0 bridgehead atoms. The molecule has 1 heterocycles. The Morgan fingerprint density at radius 1 is 1.37 bits per heavy atom. The Morgan fingerprint density at radius 3 is 2.79 bits per heavy atom. The zero-order valence-corrected chi connectivity index (χ0v) is 11.8. The number of ether oxygens (including phenoxy) is 1. The molecule has 6 heteroatoms. The van der Waals surface area contributed by atoms with Gasteiger partial charge in [-0.05, 0) is 24.3 Å². The third-order valence-electron chi connectivity index (χ3n) is 2.75. The van der Waals surface area contributed by atoms with Gasteiger partial charge in [-0.15, -0.1) is 0 Å². The Kier molecular flexibility index (Phi) is 4.47. The molecule has 0 fully saturated rings. The smallest absolute Gasteiger partial charge is 0.142 e. The van der Waals surface area contributed by atoms with Gasteiger partial charge in [0.1, 0.15) is 17.3 Å². The van der Waals surface area contributed by atoms with Crippen molar-refractivity contribution >= 4 is 15.9 Å². The van der Waals surface area contributed by atoms with E-state index >= 15 is 0 Å². The fourth-order valence-electron chi connectivity index (χ4n) is 1.88. The van der Waals surface area contributed by atoms with Crippen LogP contribution in [0.15, 0.2) is 41.0 Å². The van der Waals surface area contributed by atoms with Gasteiger partial charge in [-0.2, -0.15) is 0 Å². The number of methoxy groups -OCH3 is 1. The van der Waals surface area contributed by atoms with Crippen LogP contribution in [0.5, 0.6) is 5.75 Å². The van der Waals surface area contributed by atoms with Crippen molar-refractivity contribution in [2.75, 3.05) is 7.11 Å². The number of benzene rings is 1. The molecule has 4 nitrogen and oxygen atoms in total. The number of rotatable bonds is 4. The van der Waals surface area contributed by atoms with Gasteiger partial charge in [-0.3, -0.25) is 10.8 Å². The van der Waals surface area contributed by atoms with Crippen molar-refractivity contribution in [2.24, 2.45) is 5.84 Å². The summed E-state index contributed by atoms with van der Waals surface area (Å²) in [6.45, 7) is 0. The van der Waals surface area contributed by atoms with Gasteiger partial charge in [-0.1, -0.05) is 22.0 Å². The number of pyridine rings is 1. The molecule has 0 aliphatic rings. The lowest BCUT2D eigenvalue weighted by Gasteiger charge is -2.20. The molecule has 2 rings (SSSR count). The molecule has 1 unspecified atom stereocenters. The first-order chi connectivity index (χ1) is 9.19. The maximum atomic E-state index is 14.0. The minimum absolute atomic E-state index is 0.370. The number of nitrogens with one attached hydrogen (secondary N) is 1. The molecule has 100 valence electrons. The van der Waals surface area contributed by atoms with E-state index in [0.717, 1.165) is 0 Å². The molecule has 0 saturated carbocycles. The number of nitrogens with two attached hydrogens (primary N) is 1. The van der Waals surface area contributed by atoms with Crippen LogP contribution in [0.4, 0.5) is 4.39 Å². The summed E-state index contributed by atoms with van der Waals surface area (Å²) in [6, 6.07) is 7.63. The second-order valence-corrected chi connectivity index (χ2v) is 4.68. The van der Waals surface area contributed by atoms with Gasteiger partial charge in [0.05, 0.1) is 13.2 Å². The molecule has 0 amide bonds. The summed E-state index contributed by atoms with van der Waals surface area (Å²) in [6.07, 6.45) is 1.61. The average molecular weight is 326 g/mol. The largest absolute Gasteiger partial charge is 0.495 e. The predicted molar refractivity (Wildman–Crippen MR) is 74.1 cm³/mol. The molecule has 1 atom stereocenters. The lowest BCUT2D eigenvalue weighted by molar-refractivity contribution is 0.399. The van der Waals surface area contributed by atoms with Crippen LogP contribution >= 0.6 is 15.9 Å². The normalized spacial score (nSPS) is 12.2. The van der Waals surface area contributed by atoms with Gasteiger partial charge in [0.15, 0.2) is 0 Å². The summed E-state index contributed by atoms with van der Waals surface area (Å²) in [5.41, 5.74) is 3.50. The lowest BCUT2D eigenvalue weighted by atomic mass is 10.0. The van der Waals surface area contributed by atoms with Crippen molar-refractivity contribution in [3.05, 3.63) is 58.1 Å². The van der Waals surface area contributed by atoms with Crippen molar-refractivity contribution < 1.29 is 9.13 Å². The highest BCUT2D eigenvalue weighted by atomic mass is 79.9. The standard InChI is InChI=1S/C13H13BrFN3O/c1-19-10-6-3-7-17-12(10)13(18-16)11-8(14)4-2-5-9(11)15/h2-7,13,18H,16H2,1H3. The van der Waals surface area contributed by atoms with E-state index in [1.807, 2.05) is 0 Å².